The van der Waals surface area contributed by atoms with Gasteiger partial charge in [0.15, 0.2) is 5.82 Å². The molecule has 132 valence electrons. The van der Waals surface area contributed by atoms with Crippen molar-refractivity contribution in [2.45, 2.75) is 12.8 Å². The summed E-state index contributed by atoms with van der Waals surface area (Å²) in [4.78, 5) is 13.5. The zero-order valence-electron chi connectivity index (χ0n) is 14.9. The van der Waals surface area contributed by atoms with Gasteiger partial charge in [-0.25, -0.2) is 14.4 Å². The van der Waals surface area contributed by atoms with Crippen molar-refractivity contribution in [2.75, 3.05) is 0 Å². The second-order valence-corrected chi connectivity index (χ2v) is 6.70. The smallest absolute Gasteiger partial charge is 0.152 e. The highest BCUT2D eigenvalue weighted by Gasteiger charge is 2.11. The minimum absolute atomic E-state index is 0.325. The Balaban J connectivity index is 1.51. The highest BCUT2D eigenvalue weighted by Crippen LogP contribution is 2.25. The van der Waals surface area contributed by atoms with E-state index in [1.807, 2.05) is 31.3 Å². The molecular formula is C22H17FN4. The lowest BCUT2D eigenvalue weighted by atomic mass is 10.1. The number of halogens is 1. The van der Waals surface area contributed by atoms with Gasteiger partial charge in [0.2, 0.25) is 0 Å². The lowest BCUT2D eigenvalue weighted by Crippen LogP contribution is -2.02. The van der Waals surface area contributed by atoms with E-state index in [2.05, 4.69) is 38.8 Å². The van der Waals surface area contributed by atoms with Gasteiger partial charge in [-0.1, -0.05) is 30.3 Å². The van der Waals surface area contributed by atoms with Gasteiger partial charge < -0.3 is 4.57 Å². The van der Waals surface area contributed by atoms with Crippen LogP contribution in [0.4, 0.5) is 4.39 Å². The topological polar surface area (TPSA) is 43.6 Å². The fourth-order valence-corrected chi connectivity index (χ4v) is 3.61. The van der Waals surface area contributed by atoms with Crippen molar-refractivity contribution in [3.8, 4) is 0 Å². The summed E-state index contributed by atoms with van der Waals surface area (Å²) in [5.74, 6) is 0.658. The van der Waals surface area contributed by atoms with Gasteiger partial charge in [0.1, 0.15) is 11.3 Å². The second-order valence-electron chi connectivity index (χ2n) is 6.70. The number of pyridine rings is 2. The molecule has 0 aliphatic carbocycles. The van der Waals surface area contributed by atoms with Crippen molar-refractivity contribution in [1.82, 2.24) is 19.5 Å². The Kier molecular flexibility index (Phi) is 3.60. The van der Waals surface area contributed by atoms with Gasteiger partial charge in [0.25, 0.3) is 0 Å². The third-order valence-electron chi connectivity index (χ3n) is 5.07. The van der Waals surface area contributed by atoms with E-state index >= 15 is 0 Å². The predicted molar refractivity (Wildman–Crippen MR) is 105 cm³/mol. The van der Waals surface area contributed by atoms with E-state index in [1.165, 1.54) is 17.6 Å². The SMILES string of the molecule is Cn1c(CCc2ccc3nccc(F)c3n2)nc2c3ccccc3ccc21. The zero-order chi connectivity index (χ0) is 18.4. The molecule has 3 aromatic heterocycles. The van der Waals surface area contributed by atoms with Crippen LogP contribution in [-0.4, -0.2) is 19.5 Å². The molecular weight excluding hydrogens is 339 g/mol. The van der Waals surface area contributed by atoms with Crippen LogP contribution in [0.5, 0.6) is 0 Å². The van der Waals surface area contributed by atoms with Crippen LogP contribution >= 0.6 is 0 Å². The monoisotopic (exact) mass is 356 g/mol. The van der Waals surface area contributed by atoms with Crippen LogP contribution in [-0.2, 0) is 19.9 Å². The first-order valence-corrected chi connectivity index (χ1v) is 8.94. The van der Waals surface area contributed by atoms with E-state index in [0.717, 1.165) is 34.4 Å². The summed E-state index contributed by atoms with van der Waals surface area (Å²) in [5.41, 5.74) is 3.88. The lowest BCUT2D eigenvalue weighted by molar-refractivity contribution is 0.634. The van der Waals surface area contributed by atoms with Crippen LogP contribution in [0.25, 0.3) is 32.8 Å². The number of fused-ring (bicyclic) bond motifs is 4. The van der Waals surface area contributed by atoms with E-state index in [9.17, 15) is 4.39 Å². The number of hydrogen-bond acceptors (Lipinski definition) is 3. The summed E-state index contributed by atoms with van der Waals surface area (Å²) in [7, 11) is 2.04. The van der Waals surface area contributed by atoms with Crippen LogP contribution < -0.4 is 0 Å². The third kappa shape index (κ3) is 2.63. The highest BCUT2D eigenvalue weighted by molar-refractivity contribution is 6.04. The van der Waals surface area contributed by atoms with Gasteiger partial charge in [0.05, 0.1) is 16.6 Å². The molecule has 3 heterocycles. The zero-order valence-corrected chi connectivity index (χ0v) is 14.9. The summed E-state index contributed by atoms with van der Waals surface area (Å²) >= 11 is 0. The molecule has 0 radical (unpaired) electrons. The molecule has 0 N–H and O–H groups in total. The Morgan fingerprint density at radius 2 is 1.78 bits per heavy atom. The predicted octanol–water partition coefficient (Wildman–Crippen LogP) is 4.59. The van der Waals surface area contributed by atoms with Crippen LogP contribution in [0.2, 0.25) is 0 Å². The quantitative estimate of drug-likeness (QED) is 0.475. The summed E-state index contributed by atoms with van der Waals surface area (Å²) in [5, 5.41) is 2.35. The number of aryl methyl sites for hydroxylation is 3. The first kappa shape index (κ1) is 15.9. The lowest BCUT2D eigenvalue weighted by Gasteiger charge is -2.04. The summed E-state index contributed by atoms with van der Waals surface area (Å²) in [6, 6.07) is 17.6. The molecule has 0 unspecified atom stereocenters. The van der Waals surface area contributed by atoms with Crippen LogP contribution in [0.3, 0.4) is 0 Å². The molecule has 0 aliphatic rings. The molecule has 0 saturated heterocycles. The Labute approximate surface area is 155 Å². The molecule has 0 atom stereocenters. The number of benzene rings is 2. The van der Waals surface area contributed by atoms with Crippen molar-refractivity contribution >= 4 is 32.8 Å². The minimum Gasteiger partial charge on any atom is -0.331 e. The fraction of sp³-hybridized carbons (Fsp3) is 0.136. The molecule has 0 aliphatic heterocycles. The number of imidazole rings is 1. The number of hydrogen-bond donors (Lipinski definition) is 0. The van der Waals surface area contributed by atoms with Crippen LogP contribution in [0, 0.1) is 5.82 Å². The van der Waals surface area contributed by atoms with Gasteiger partial charge in [-0.15, -0.1) is 0 Å². The van der Waals surface area contributed by atoms with Gasteiger partial charge in [-0.3, -0.25) is 4.98 Å². The maximum Gasteiger partial charge on any atom is 0.152 e. The molecule has 5 rings (SSSR count). The number of aromatic nitrogens is 4. The number of nitrogens with zero attached hydrogens (tertiary/aromatic N) is 4. The summed E-state index contributed by atoms with van der Waals surface area (Å²) in [6.45, 7) is 0. The molecule has 27 heavy (non-hydrogen) atoms. The third-order valence-corrected chi connectivity index (χ3v) is 5.07. The van der Waals surface area contributed by atoms with E-state index < -0.39 is 0 Å². The summed E-state index contributed by atoms with van der Waals surface area (Å²) in [6.07, 6.45) is 2.89. The minimum atomic E-state index is -0.337. The number of rotatable bonds is 3. The largest absolute Gasteiger partial charge is 0.331 e. The Hall–Kier alpha value is -3.34. The van der Waals surface area contributed by atoms with Gasteiger partial charge >= 0.3 is 0 Å². The van der Waals surface area contributed by atoms with Crippen molar-refractivity contribution < 1.29 is 4.39 Å². The maximum atomic E-state index is 14.0. The maximum absolute atomic E-state index is 14.0. The molecule has 5 heteroatoms. The van der Waals surface area contributed by atoms with Gasteiger partial charge in [-0.2, -0.15) is 0 Å². The molecule has 0 spiro atoms. The Morgan fingerprint density at radius 1 is 0.889 bits per heavy atom. The van der Waals surface area contributed by atoms with Crippen molar-refractivity contribution in [3.63, 3.8) is 0 Å². The van der Waals surface area contributed by atoms with E-state index in [-0.39, 0.29) is 5.82 Å². The molecule has 0 amide bonds. The fourth-order valence-electron chi connectivity index (χ4n) is 3.61. The van der Waals surface area contributed by atoms with Gasteiger partial charge in [-0.05, 0) is 36.1 Å². The Morgan fingerprint density at radius 3 is 2.70 bits per heavy atom. The van der Waals surface area contributed by atoms with Crippen molar-refractivity contribution in [2.24, 2.45) is 7.05 Å². The van der Waals surface area contributed by atoms with E-state index in [0.29, 0.717) is 17.5 Å². The molecule has 5 aromatic rings. The first-order valence-electron chi connectivity index (χ1n) is 8.94. The van der Waals surface area contributed by atoms with Crippen LogP contribution in [0.15, 0.2) is 60.8 Å². The highest BCUT2D eigenvalue weighted by atomic mass is 19.1. The average molecular weight is 356 g/mol. The summed E-state index contributed by atoms with van der Waals surface area (Å²) < 4.78 is 16.1. The molecule has 0 fully saturated rings. The van der Waals surface area contributed by atoms with Crippen LogP contribution in [0.1, 0.15) is 11.5 Å². The second kappa shape index (κ2) is 6.13. The molecule has 2 aromatic carbocycles. The molecule has 0 saturated carbocycles. The first-order chi connectivity index (χ1) is 13.2. The standard InChI is InChI=1S/C22H17FN4/c1-27-19-10-6-14-4-2-3-5-16(14)21(19)26-20(27)11-8-15-7-9-18-22(25-15)17(23)12-13-24-18/h2-7,9-10,12-13H,8,11H2,1H3. The van der Waals surface area contributed by atoms with E-state index in [1.54, 1.807) is 0 Å². The average Bonchev–Trinajstić information content (AvgIpc) is 3.03. The molecule has 4 nitrogen and oxygen atoms in total. The van der Waals surface area contributed by atoms with E-state index in [4.69, 9.17) is 4.98 Å². The normalized spacial score (nSPS) is 11.6. The van der Waals surface area contributed by atoms with Crippen molar-refractivity contribution in [1.29, 1.82) is 0 Å². The Bertz CT molecular complexity index is 1310. The van der Waals surface area contributed by atoms with Crippen molar-refractivity contribution in [3.05, 3.63) is 78.1 Å². The molecule has 0 bridgehead atoms. The van der Waals surface area contributed by atoms with Gasteiger partial charge in [0, 0.05) is 30.7 Å².